The Balaban J connectivity index is 2.27. The zero-order valence-corrected chi connectivity index (χ0v) is 16.5. The minimum absolute atomic E-state index is 0.144. The summed E-state index contributed by atoms with van der Waals surface area (Å²) in [4.78, 5) is 27.6. The molecule has 7 heteroatoms. The fourth-order valence-corrected chi connectivity index (χ4v) is 3.43. The van der Waals surface area contributed by atoms with Crippen LogP contribution in [0.1, 0.15) is 33.6 Å². The van der Waals surface area contributed by atoms with Crippen molar-refractivity contribution in [2.24, 2.45) is 5.92 Å². The summed E-state index contributed by atoms with van der Waals surface area (Å²) in [5.41, 5.74) is 0.897. The molecule has 0 saturated carbocycles. The second-order valence-corrected chi connectivity index (χ2v) is 7.86. The summed E-state index contributed by atoms with van der Waals surface area (Å²) in [5, 5.41) is 0. The number of thiocarbonyl (C=S) groups is 1. The first kappa shape index (κ1) is 21.0. The van der Waals surface area contributed by atoms with Crippen molar-refractivity contribution in [3.05, 3.63) is 12.2 Å². The molecular weight excluding hydrogens is 344 g/mol. The van der Waals surface area contributed by atoms with E-state index in [4.69, 9.17) is 17.0 Å². The van der Waals surface area contributed by atoms with Gasteiger partial charge in [0.15, 0.2) is 6.61 Å². The number of hydrogen-bond acceptors (Lipinski definition) is 5. The zero-order chi connectivity index (χ0) is 18.1. The number of carbonyl (C=O) groups excluding carboxylic acids is 2. The SMILES string of the molecule is C=C(C)CN(CC)C(=O)COC(=O)CSC(=S)N1CCC(C)CC1. The number of amides is 1. The molecular formula is C17H28N2O3S2. The number of likely N-dealkylation sites (tertiary alicyclic amines) is 1. The summed E-state index contributed by atoms with van der Waals surface area (Å²) in [5.74, 6) is 0.273. The van der Waals surface area contributed by atoms with Gasteiger partial charge in [-0.25, -0.2) is 0 Å². The van der Waals surface area contributed by atoms with Gasteiger partial charge in [-0.15, -0.1) is 0 Å². The minimum Gasteiger partial charge on any atom is -0.455 e. The highest BCUT2D eigenvalue weighted by atomic mass is 32.2. The molecule has 0 radical (unpaired) electrons. The lowest BCUT2D eigenvalue weighted by Crippen LogP contribution is -2.36. The standard InChI is InChI=1S/C17H28N2O3S2/c1-5-18(10-13(2)3)15(20)11-22-16(21)12-24-17(23)19-8-6-14(4)7-9-19/h14H,2,5-12H2,1,3-4H3. The fourth-order valence-electron chi connectivity index (χ4n) is 2.38. The summed E-state index contributed by atoms with van der Waals surface area (Å²) >= 11 is 6.68. The van der Waals surface area contributed by atoms with Crippen LogP contribution in [-0.4, -0.2) is 64.5 Å². The van der Waals surface area contributed by atoms with Crippen LogP contribution < -0.4 is 0 Å². The first-order valence-corrected chi connectivity index (χ1v) is 9.72. The van der Waals surface area contributed by atoms with E-state index < -0.39 is 5.97 Å². The van der Waals surface area contributed by atoms with E-state index in [0.29, 0.717) is 13.1 Å². The molecule has 1 amide bonds. The number of hydrogen-bond donors (Lipinski definition) is 0. The minimum atomic E-state index is -0.410. The van der Waals surface area contributed by atoms with E-state index in [1.165, 1.54) is 11.8 Å². The Hall–Kier alpha value is -1.08. The summed E-state index contributed by atoms with van der Waals surface area (Å²) in [6.45, 7) is 12.5. The number of carbonyl (C=O) groups is 2. The van der Waals surface area contributed by atoms with Gasteiger partial charge in [0.2, 0.25) is 0 Å². The summed E-state index contributed by atoms with van der Waals surface area (Å²) in [6, 6.07) is 0. The predicted octanol–water partition coefficient (Wildman–Crippen LogP) is 2.70. The van der Waals surface area contributed by atoms with E-state index >= 15 is 0 Å². The quantitative estimate of drug-likeness (QED) is 0.389. The fraction of sp³-hybridized carbons (Fsp3) is 0.706. The van der Waals surface area contributed by atoms with Gasteiger partial charge in [0, 0.05) is 26.2 Å². The Kier molecular flexibility index (Phi) is 9.36. The van der Waals surface area contributed by atoms with Gasteiger partial charge in [0.1, 0.15) is 4.32 Å². The Morgan fingerprint density at radius 2 is 2.00 bits per heavy atom. The van der Waals surface area contributed by atoms with Crippen LogP contribution in [0.2, 0.25) is 0 Å². The molecule has 0 bridgehead atoms. The Labute approximate surface area is 154 Å². The number of likely N-dealkylation sites (N-methyl/N-ethyl adjacent to an activating group) is 1. The monoisotopic (exact) mass is 372 g/mol. The van der Waals surface area contributed by atoms with Crippen molar-refractivity contribution in [1.29, 1.82) is 0 Å². The zero-order valence-electron chi connectivity index (χ0n) is 14.9. The lowest BCUT2D eigenvalue weighted by atomic mass is 10.00. The third kappa shape index (κ3) is 7.66. The highest BCUT2D eigenvalue weighted by Crippen LogP contribution is 2.20. The molecule has 0 spiro atoms. The van der Waals surface area contributed by atoms with Gasteiger partial charge >= 0.3 is 5.97 Å². The van der Waals surface area contributed by atoms with Crippen molar-refractivity contribution in [1.82, 2.24) is 9.80 Å². The number of thioether (sulfide) groups is 1. The van der Waals surface area contributed by atoms with Crippen molar-refractivity contribution in [3.8, 4) is 0 Å². The van der Waals surface area contributed by atoms with Crippen LogP contribution in [-0.2, 0) is 14.3 Å². The second-order valence-electron chi connectivity index (χ2n) is 6.25. The average molecular weight is 373 g/mol. The Morgan fingerprint density at radius 1 is 1.38 bits per heavy atom. The molecule has 0 unspecified atom stereocenters. The highest BCUT2D eigenvalue weighted by molar-refractivity contribution is 8.23. The maximum Gasteiger partial charge on any atom is 0.316 e. The molecule has 0 aromatic heterocycles. The van der Waals surface area contributed by atoms with Gasteiger partial charge in [-0.2, -0.15) is 0 Å². The lowest BCUT2D eigenvalue weighted by Gasteiger charge is -2.31. The van der Waals surface area contributed by atoms with E-state index in [-0.39, 0.29) is 18.3 Å². The van der Waals surface area contributed by atoms with Crippen molar-refractivity contribution in [2.75, 3.05) is 38.5 Å². The Bertz CT molecular complexity index is 474. The van der Waals surface area contributed by atoms with Gasteiger partial charge in [-0.05, 0) is 32.6 Å². The molecule has 0 aliphatic carbocycles. The van der Waals surface area contributed by atoms with Crippen LogP contribution in [0.25, 0.3) is 0 Å². The maximum atomic E-state index is 12.0. The molecule has 1 heterocycles. The van der Waals surface area contributed by atoms with E-state index in [1.807, 2.05) is 13.8 Å². The molecule has 136 valence electrons. The van der Waals surface area contributed by atoms with Gasteiger partial charge in [0.25, 0.3) is 5.91 Å². The number of rotatable bonds is 7. The van der Waals surface area contributed by atoms with Crippen LogP contribution in [0, 0.1) is 5.92 Å². The first-order chi connectivity index (χ1) is 11.3. The third-order valence-corrected chi connectivity index (χ3v) is 5.40. The second kappa shape index (κ2) is 10.7. The topological polar surface area (TPSA) is 49.9 Å². The van der Waals surface area contributed by atoms with Crippen LogP contribution in [0.4, 0.5) is 0 Å². The summed E-state index contributed by atoms with van der Waals surface area (Å²) in [7, 11) is 0. The van der Waals surface area contributed by atoms with E-state index in [0.717, 1.165) is 41.7 Å². The van der Waals surface area contributed by atoms with Crippen LogP contribution >= 0.6 is 24.0 Å². The van der Waals surface area contributed by atoms with Crippen LogP contribution in [0.3, 0.4) is 0 Å². The molecule has 0 N–H and O–H groups in total. The number of ether oxygens (including phenoxy) is 1. The van der Waals surface area contributed by atoms with Crippen molar-refractivity contribution >= 4 is 40.2 Å². The predicted molar refractivity (Wildman–Crippen MR) is 103 cm³/mol. The average Bonchev–Trinajstić information content (AvgIpc) is 2.55. The smallest absolute Gasteiger partial charge is 0.316 e. The normalized spacial score (nSPS) is 15.0. The molecule has 1 fully saturated rings. The van der Waals surface area contributed by atoms with Crippen molar-refractivity contribution < 1.29 is 14.3 Å². The van der Waals surface area contributed by atoms with Crippen LogP contribution in [0.15, 0.2) is 12.2 Å². The molecule has 1 rings (SSSR count). The van der Waals surface area contributed by atoms with E-state index in [9.17, 15) is 9.59 Å². The molecule has 5 nitrogen and oxygen atoms in total. The summed E-state index contributed by atoms with van der Waals surface area (Å²) in [6.07, 6.45) is 2.27. The van der Waals surface area contributed by atoms with Crippen molar-refractivity contribution in [2.45, 2.75) is 33.6 Å². The summed E-state index contributed by atoms with van der Waals surface area (Å²) < 4.78 is 5.80. The Morgan fingerprint density at radius 3 is 2.54 bits per heavy atom. The van der Waals surface area contributed by atoms with Gasteiger partial charge in [-0.3, -0.25) is 9.59 Å². The largest absolute Gasteiger partial charge is 0.455 e. The lowest BCUT2D eigenvalue weighted by molar-refractivity contribution is -0.149. The number of nitrogens with zero attached hydrogens (tertiary/aromatic N) is 2. The van der Waals surface area contributed by atoms with Gasteiger partial charge in [-0.1, -0.05) is 43.1 Å². The molecule has 24 heavy (non-hydrogen) atoms. The molecule has 1 aliphatic heterocycles. The molecule has 0 aromatic carbocycles. The number of esters is 1. The molecule has 0 aromatic rings. The van der Waals surface area contributed by atoms with E-state index in [2.05, 4.69) is 18.4 Å². The number of piperidine rings is 1. The van der Waals surface area contributed by atoms with Gasteiger partial charge in [0.05, 0.1) is 5.75 Å². The highest BCUT2D eigenvalue weighted by Gasteiger charge is 2.19. The van der Waals surface area contributed by atoms with Gasteiger partial charge < -0.3 is 14.5 Å². The molecule has 1 aliphatic rings. The molecule has 1 saturated heterocycles. The first-order valence-electron chi connectivity index (χ1n) is 8.33. The third-order valence-electron chi connectivity index (χ3n) is 3.91. The van der Waals surface area contributed by atoms with Crippen molar-refractivity contribution in [3.63, 3.8) is 0 Å². The van der Waals surface area contributed by atoms with Crippen LogP contribution in [0.5, 0.6) is 0 Å². The molecule has 0 atom stereocenters. The maximum absolute atomic E-state index is 12.0. The van der Waals surface area contributed by atoms with E-state index in [1.54, 1.807) is 4.90 Å².